The van der Waals surface area contributed by atoms with E-state index in [4.69, 9.17) is 5.26 Å². The molecule has 0 saturated carbocycles. The zero-order valence-electron chi connectivity index (χ0n) is 14.0. The topological polar surface area (TPSA) is 42.3 Å². The fourth-order valence-corrected chi connectivity index (χ4v) is 3.06. The van der Waals surface area contributed by atoms with Crippen LogP contribution in [0.25, 0.3) is 0 Å². The average molecular weight is 300 g/mol. The lowest BCUT2D eigenvalue weighted by Gasteiger charge is -2.40. The quantitative estimate of drug-likeness (QED) is 0.871. The number of hydrogen-bond donors (Lipinski definition) is 1. The molecule has 1 aliphatic heterocycles. The maximum atomic E-state index is 8.96. The lowest BCUT2D eigenvalue weighted by molar-refractivity contribution is 0.0875. The van der Waals surface area contributed by atoms with Gasteiger partial charge >= 0.3 is 0 Å². The molecule has 0 aromatic heterocycles. The van der Waals surface area contributed by atoms with Crippen molar-refractivity contribution in [3.8, 4) is 6.07 Å². The lowest BCUT2D eigenvalue weighted by Crippen LogP contribution is -2.53. The summed E-state index contributed by atoms with van der Waals surface area (Å²) in [5, 5.41) is 12.5. The Kier molecular flexibility index (Phi) is 6.38. The summed E-state index contributed by atoms with van der Waals surface area (Å²) in [6, 6.07) is 10.6. The van der Waals surface area contributed by atoms with E-state index >= 15 is 0 Å². The van der Waals surface area contributed by atoms with Crippen LogP contribution in [0.4, 0.5) is 0 Å². The molecular weight excluding hydrogens is 272 g/mol. The predicted molar refractivity (Wildman–Crippen MR) is 90.6 cm³/mol. The van der Waals surface area contributed by atoms with Gasteiger partial charge in [-0.05, 0) is 30.7 Å². The van der Waals surface area contributed by atoms with Gasteiger partial charge in [0.25, 0.3) is 0 Å². The second kappa shape index (κ2) is 8.28. The maximum absolute atomic E-state index is 8.96. The first-order chi connectivity index (χ1) is 10.6. The zero-order chi connectivity index (χ0) is 15.9. The summed E-state index contributed by atoms with van der Waals surface area (Å²) in [6.45, 7) is 11.1. The molecule has 1 N–H and O–H groups in total. The normalized spacial score (nSPS) is 18.3. The monoisotopic (exact) mass is 300 g/mol. The number of nitrogens with zero attached hydrogens (tertiary/aromatic N) is 3. The molecule has 0 radical (unpaired) electrons. The van der Waals surface area contributed by atoms with Crippen molar-refractivity contribution in [1.29, 1.82) is 5.26 Å². The first-order valence-electron chi connectivity index (χ1n) is 8.22. The highest BCUT2D eigenvalue weighted by molar-refractivity contribution is 5.32. The van der Waals surface area contributed by atoms with Gasteiger partial charge in [0.2, 0.25) is 0 Å². The molecular formula is C18H28N4. The van der Waals surface area contributed by atoms with Gasteiger partial charge in [0.15, 0.2) is 0 Å². The van der Waals surface area contributed by atoms with E-state index in [1.54, 1.807) is 0 Å². The molecule has 22 heavy (non-hydrogen) atoms. The van der Waals surface area contributed by atoms with Crippen molar-refractivity contribution in [2.24, 2.45) is 5.92 Å². The number of benzene rings is 1. The summed E-state index contributed by atoms with van der Waals surface area (Å²) < 4.78 is 0. The van der Waals surface area contributed by atoms with E-state index < -0.39 is 0 Å². The Balaban J connectivity index is 1.85. The molecule has 1 heterocycles. The largest absolute Gasteiger partial charge is 0.311 e. The highest BCUT2D eigenvalue weighted by Crippen LogP contribution is 2.13. The van der Waals surface area contributed by atoms with Crippen molar-refractivity contribution in [2.75, 3.05) is 39.8 Å². The predicted octanol–water partition coefficient (Wildman–Crippen LogP) is 1.92. The van der Waals surface area contributed by atoms with Gasteiger partial charge in [-0.2, -0.15) is 5.26 Å². The molecule has 0 bridgehead atoms. The van der Waals surface area contributed by atoms with E-state index in [0.717, 1.165) is 44.8 Å². The number of likely N-dealkylation sites (N-methyl/N-ethyl adjacent to an activating group) is 1. The Morgan fingerprint density at radius 3 is 2.59 bits per heavy atom. The van der Waals surface area contributed by atoms with Crippen LogP contribution in [-0.4, -0.2) is 55.6 Å². The molecule has 1 atom stereocenters. The van der Waals surface area contributed by atoms with Gasteiger partial charge in [0.05, 0.1) is 11.6 Å². The molecule has 1 fully saturated rings. The minimum Gasteiger partial charge on any atom is -0.311 e. The standard InChI is InChI=1S/C18H28N4/c1-15(2)18(22-9-7-21(3)8-10-22)14-20-13-17-6-4-5-16(11-17)12-19/h4-6,11,15,18,20H,7-10,13-14H2,1-3H3/t18-/m0/s1. The van der Waals surface area contributed by atoms with Crippen LogP contribution in [0.5, 0.6) is 0 Å². The smallest absolute Gasteiger partial charge is 0.0991 e. The Hall–Kier alpha value is -1.41. The maximum Gasteiger partial charge on any atom is 0.0991 e. The first-order valence-corrected chi connectivity index (χ1v) is 8.22. The fourth-order valence-electron chi connectivity index (χ4n) is 3.06. The third-order valence-electron chi connectivity index (χ3n) is 4.52. The fraction of sp³-hybridized carbons (Fsp3) is 0.611. The minimum absolute atomic E-state index is 0.577. The molecule has 4 heteroatoms. The summed E-state index contributed by atoms with van der Waals surface area (Å²) in [5.41, 5.74) is 1.92. The van der Waals surface area contributed by atoms with Crippen LogP contribution in [0.3, 0.4) is 0 Å². The van der Waals surface area contributed by atoms with Gasteiger partial charge < -0.3 is 10.2 Å². The van der Waals surface area contributed by atoms with Gasteiger partial charge in [0.1, 0.15) is 0 Å². The number of piperazine rings is 1. The van der Waals surface area contributed by atoms with Crippen LogP contribution in [0.2, 0.25) is 0 Å². The van der Waals surface area contributed by atoms with Gasteiger partial charge in [-0.15, -0.1) is 0 Å². The summed E-state index contributed by atoms with van der Waals surface area (Å²) in [6.07, 6.45) is 0. The number of hydrogen-bond acceptors (Lipinski definition) is 4. The van der Waals surface area contributed by atoms with Crippen molar-refractivity contribution in [3.63, 3.8) is 0 Å². The summed E-state index contributed by atoms with van der Waals surface area (Å²) in [5.74, 6) is 0.640. The van der Waals surface area contributed by atoms with Crippen LogP contribution < -0.4 is 5.32 Å². The molecule has 1 aromatic rings. The molecule has 0 amide bonds. The minimum atomic E-state index is 0.577. The van der Waals surface area contributed by atoms with Crippen LogP contribution in [0.1, 0.15) is 25.0 Å². The summed E-state index contributed by atoms with van der Waals surface area (Å²) in [7, 11) is 2.20. The SMILES string of the molecule is CC(C)[C@H](CNCc1cccc(C#N)c1)N1CCN(C)CC1. The van der Waals surface area contributed by atoms with Crippen molar-refractivity contribution >= 4 is 0 Å². The Labute approximate surface area is 134 Å². The summed E-state index contributed by atoms with van der Waals surface area (Å²) in [4.78, 5) is 5.01. The third kappa shape index (κ3) is 4.81. The lowest BCUT2D eigenvalue weighted by atomic mass is 10.0. The van der Waals surface area contributed by atoms with E-state index in [-0.39, 0.29) is 0 Å². The molecule has 4 nitrogen and oxygen atoms in total. The molecule has 120 valence electrons. The van der Waals surface area contributed by atoms with E-state index in [2.05, 4.69) is 48.1 Å². The first kappa shape index (κ1) is 17.0. The molecule has 0 aliphatic carbocycles. The second-order valence-corrected chi connectivity index (χ2v) is 6.59. The van der Waals surface area contributed by atoms with Crippen molar-refractivity contribution < 1.29 is 0 Å². The van der Waals surface area contributed by atoms with Gasteiger partial charge in [-0.3, -0.25) is 4.90 Å². The van der Waals surface area contributed by atoms with Crippen LogP contribution in [0, 0.1) is 17.2 Å². The van der Waals surface area contributed by atoms with E-state index in [0.29, 0.717) is 12.0 Å². The van der Waals surface area contributed by atoms with E-state index in [1.165, 1.54) is 5.56 Å². The highest BCUT2D eigenvalue weighted by Gasteiger charge is 2.24. The Bertz CT molecular complexity index is 498. The van der Waals surface area contributed by atoms with Crippen molar-refractivity contribution in [2.45, 2.75) is 26.4 Å². The highest BCUT2D eigenvalue weighted by atomic mass is 15.3. The van der Waals surface area contributed by atoms with Crippen LogP contribution in [-0.2, 0) is 6.54 Å². The van der Waals surface area contributed by atoms with Gasteiger partial charge in [-0.25, -0.2) is 0 Å². The number of rotatable bonds is 6. The molecule has 1 aromatic carbocycles. The van der Waals surface area contributed by atoms with E-state index in [1.807, 2.05) is 18.2 Å². The van der Waals surface area contributed by atoms with Gasteiger partial charge in [0, 0.05) is 45.3 Å². The summed E-state index contributed by atoms with van der Waals surface area (Å²) >= 11 is 0. The Morgan fingerprint density at radius 2 is 1.95 bits per heavy atom. The van der Waals surface area contributed by atoms with E-state index in [9.17, 15) is 0 Å². The number of nitriles is 1. The van der Waals surface area contributed by atoms with Crippen LogP contribution >= 0.6 is 0 Å². The third-order valence-corrected chi connectivity index (χ3v) is 4.52. The van der Waals surface area contributed by atoms with Crippen LogP contribution in [0.15, 0.2) is 24.3 Å². The average Bonchev–Trinajstić information content (AvgIpc) is 2.52. The second-order valence-electron chi connectivity index (χ2n) is 6.59. The number of nitrogens with one attached hydrogen (secondary N) is 1. The molecule has 1 saturated heterocycles. The molecule has 0 unspecified atom stereocenters. The van der Waals surface area contributed by atoms with Crippen molar-refractivity contribution in [1.82, 2.24) is 15.1 Å². The Morgan fingerprint density at radius 1 is 1.23 bits per heavy atom. The van der Waals surface area contributed by atoms with Gasteiger partial charge in [-0.1, -0.05) is 26.0 Å². The zero-order valence-corrected chi connectivity index (χ0v) is 14.0. The molecule has 0 spiro atoms. The molecule has 2 rings (SSSR count). The molecule has 1 aliphatic rings. The van der Waals surface area contributed by atoms with Crippen molar-refractivity contribution in [3.05, 3.63) is 35.4 Å².